The number of piperidine rings is 2. The van der Waals surface area contributed by atoms with Crippen molar-refractivity contribution in [2.45, 2.75) is 116 Å². The molecule has 0 radical (unpaired) electrons. The van der Waals surface area contributed by atoms with Crippen molar-refractivity contribution >= 4 is 11.8 Å². The van der Waals surface area contributed by atoms with E-state index in [-0.39, 0.29) is 22.9 Å². The number of hydrogen-bond acceptors (Lipinski definition) is 4. The average molecular weight is 423 g/mol. The quantitative estimate of drug-likeness (QED) is 0.618. The number of nitrogens with zero attached hydrogens (tertiary/aromatic N) is 2. The first-order valence-electron chi connectivity index (χ1n) is 11.8. The van der Waals surface area contributed by atoms with Gasteiger partial charge in [0.1, 0.15) is 0 Å². The molecule has 2 rings (SSSR count). The fraction of sp³-hybridized carbons (Fsp3) is 0.917. The van der Waals surface area contributed by atoms with Crippen LogP contribution >= 0.6 is 0 Å². The van der Waals surface area contributed by atoms with Crippen LogP contribution in [-0.4, -0.2) is 69.9 Å². The number of nitrogens with one attached hydrogen (secondary N) is 2. The molecule has 2 N–H and O–H groups in total. The second-order valence-corrected chi connectivity index (χ2v) is 11.5. The SMILES string of the molecule is CC1(C)CCCCN1C(C)(C)C(=O)NCCNC(=O)C(C)(C)N1CCCCC1(C)C. The smallest absolute Gasteiger partial charge is 0.240 e. The van der Waals surface area contributed by atoms with Crippen molar-refractivity contribution < 1.29 is 9.59 Å². The van der Waals surface area contributed by atoms with E-state index in [1.54, 1.807) is 0 Å². The van der Waals surface area contributed by atoms with Crippen LogP contribution in [0.1, 0.15) is 93.9 Å². The number of carbonyl (C=O) groups excluding carboxylic acids is 2. The third-order valence-electron chi connectivity index (χ3n) is 7.46. The molecule has 30 heavy (non-hydrogen) atoms. The number of carbonyl (C=O) groups is 2. The molecule has 0 saturated carbocycles. The normalized spacial score (nSPS) is 23.1. The van der Waals surface area contributed by atoms with Gasteiger partial charge in [-0.2, -0.15) is 0 Å². The molecule has 6 nitrogen and oxygen atoms in total. The van der Waals surface area contributed by atoms with Crippen molar-refractivity contribution in [3.05, 3.63) is 0 Å². The van der Waals surface area contributed by atoms with Crippen molar-refractivity contribution in [3.8, 4) is 0 Å². The summed E-state index contributed by atoms with van der Waals surface area (Å²) in [5, 5.41) is 6.10. The molecule has 0 unspecified atom stereocenters. The number of rotatable bonds is 7. The molecular weight excluding hydrogens is 376 g/mol. The van der Waals surface area contributed by atoms with Crippen molar-refractivity contribution in [2.75, 3.05) is 26.2 Å². The molecule has 0 aromatic heterocycles. The van der Waals surface area contributed by atoms with E-state index in [1.165, 1.54) is 12.8 Å². The van der Waals surface area contributed by atoms with E-state index in [2.05, 4.69) is 48.1 Å². The summed E-state index contributed by atoms with van der Waals surface area (Å²) in [6, 6.07) is 0. The fourth-order valence-corrected chi connectivity index (χ4v) is 5.63. The van der Waals surface area contributed by atoms with E-state index in [1.807, 2.05) is 27.7 Å². The Morgan fingerprint density at radius 3 is 1.33 bits per heavy atom. The molecule has 2 fully saturated rings. The lowest BCUT2D eigenvalue weighted by Gasteiger charge is -2.50. The third kappa shape index (κ3) is 5.37. The predicted molar refractivity (Wildman–Crippen MR) is 123 cm³/mol. The van der Waals surface area contributed by atoms with Crippen LogP contribution in [0.5, 0.6) is 0 Å². The molecule has 0 atom stereocenters. The molecule has 0 bridgehead atoms. The van der Waals surface area contributed by atoms with Gasteiger partial charge in [-0.15, -0.1) is 0 Å². The summed E-state index contributed by atoms with van der Waals surface area (Å²) in [6.07, 6.45) is 6.94. The van der Waals surface area contributed by atoms with Crippen LogP contribution in [-0.2, 0) is 9.59 Å². The molecule has 2 amide bonds. The molecule has 0 aliphatic carbocycles. The molecule has 2 heterocycles. The minimum atomic E-state index is -0.564. The molecule has 2 aliphatic rings. The van der Waals surface area contributed by atoms with Crippen molar-refractivity contribution in [1.29, 1.82) is 0 Å². The fourth-order valence-electron chi connectivity index (χ4n) is 5.63. The molecular formula is C24H46N4O2. The van der Waals surface area contributed by atoms with Gasteiger partial charge in [0.2, 0.25) is 11.8 Å². The average Bonchev–Trinajstić information content (AvgIpc) is 2.63. The van der Waals surface area contributed by atoms with Gasteiger partial charge in [-0.05, 0) is 94.2 Å². The lowest BCUT2D eigenvalue weighted by atomic mass is 9.84. The van der Waals surface area contributed by atoms with Gasteiger partial charge in [0.05, 0.1) is 11.1 Å². The van der Waals surface area contributed by atoms with Gasteiger partial charge in [-0.3, -0.25) is 19.4 Å². The van der Waals surface area contributed by atoms with Gasteiger partial charge < -0.3 is 10.6 Å². The molecule has 2 aliphatic heterocycles. The Labute approximate surface area is 184 Å². The lowest BCUT2D eigenvalue weighted by Crippen LogP contribution is -2.64. The Hall–Kier alpha value is -1.14. The zero-order valence-corrected chi connectivity index (χ0v) is 20.8. The van der Waals surface area contributed by atoms with E-state index < -0.39 is 11.1 Å². The summed E-state index contributed by atoms with van der Waals surface area (Å²) in [4.78, 5) is 30.6. The van der Waals surface area contributed by atoms with E-state index in [0.717, 1.165) is 38.8 Å². The van der Waals surface area contributed by atoms with Crippen molar-refractivity contribution in [2.24, 2.45) is 0 Å². The third-order valence-corrected chi connectivity index (χ3v) is 7.46. The van der Waals surface area contributed by atoms with Crippen molar-refractivity contribution in [3.63, 3.8) is 0 Å². The Balaban J connectivity index is 1.86. The maximum Gasteiger partial charge on any atom is 0.240 e. The Morgan fingerprint density at radius 1 is 0.700 bits per heavy atom. The summed E-state index contributed by atoms with van der Waals surface area (Å²) in [7, 11) is 0. The Kier molecular flexibility index (Phi) is 7.67. The summed E-state index contributed by atoms with van der Waals surface area (Å²) >= 11 is 0. The number of hydrogen-bond donors (Lipinski definition) is 2. The van der Waals surface area contributed by atoms with Gasteiger partial charge in [0.15, 0.2) is 0 Å². The van der Waals surface area contributed by atoms with Crippen LogP contribution in [0.3, 0.4) is 0 Å². The van der Waals surface area contributed by atoms with Crippen LogP contribution in [0, 0.1) is 0 Å². The topological polar surface area (TPSA) is 64.7 Å². The van der Waals surface area contributed by atoms with E-state index in [4.69, 9.17) is 0 Å². The van der Waals surface area contributed by atoms with Crippen LogP contribution in [0.4, 0.5) is 0 Å². The van der Waals surface area contributed by atoms with E-state index in [0.29, 0.717) is 13.1 Å². The molecule has 174 valence electrons. The summed E-state index contributed by atoms with van der Waals surface area (Å²) in [6.45, 7) is 19.7. The first-order valence-corrected chi connectivity index (χ1v) is 11.8. The van der Waals surface area contributed by atoms with Gasteiger partial charge in [0.25, 0.3) is 0 Å². The number of amides is 2. The summed E-state index contributed by atoms with van der Waals surface area (Å²) in [5.41, 5.74) is -1.08. The standard InChI is InChI=1S/C24H46N4O2/c1-21(2)13-9-11-17-27(21)23(5,6)19(29)25-15-16-26-20(30)24(7,8)28-18-12-10-14-22(28,3)4/h9-18H2,1-8H3,(H,25,29)(H,26,30). The predicted octanol–water partition coefficient (Wildman–Crippen LogP) is 3.31. The van der Waals surface area contributed by atoms with E-state index in [9.17, 15) is 9.59 Å². The molecule has 2 saturated heterocycles. The van der Waals surface area contributed by atoms with Crippen LogP contribution in [0.15, 0.2) is 0 Å². The first-order chi connectivity index (χ1) is 13.7. The largest absolute Gasteiger partial charge is 0.353 e. The highest BCUT2D eigenvalue weighted by Crippen LogP contribution is 2.35. The van der Waals surface area contributed by atoms with Gasteiger partial charge in [-0.25, -0.2) is 0 Å². The highest BCUT2D eigenvalue weighted by Gasteiger charge is 2.44. The van der Waals surface area contributed by atoms with Gasteiger partial charge in [0, 0.05) is 24.2 Å². The zero-order valence-electron chi connectivity index (χ0n) is 20.8. The lowest BCUT2D eigenvalue weighted by molar-refractivity contribution is -0.139. The second kappa shape index (κ2) is 9.15. The van der Waals surface area contributed by atoms with Gasteiger partial charge >= 0.3 is 0 Å². The highest BCUT2D eigenvalue weighted by molar-refractivity contribution is 5.86. The molecule has 0 aromatic carbocycles. The highest BCUT2D eigenvalue weighted by atomic mass is 16.2. The summed E-state index contributed by atoms with van der Waals surface area (Å²) < 4.78 is 0. The minimum Gasteiger partial charge on any atom is -0.353 e. The Morgan fingerprint density at radius 2 is 1.03 bits per heavy atom. The maximum atomic E-state index is 13.0. The van der Waals surface area contributed by atoms with Crippen LogP contribution in [0.2, 0.25) is 0 Å². The van der Waals surface area contributed by atoms with Gasteiger partial charge in [-0.1, -0.05) is 12.8 Å². The maximum absolute atomic E-state index is 13.0. The minimum absolute atomic E-state index is 0.0264. The van der Waals surface area contributed by atoms with Crippen molar-refractivity contribution in [1.82, 2.24) is 20.4 Å². The first kappa shape index (κ1) is 25.1. The zero-order chi connectivity index (χ0) is 22.8. The van der Waals surface area contributed by atoms with Crippen LogP contribution < -0.4 is 10.6 Å². The number of likely N-dealkylation sites (tertiary alicyclic amines) is 2. The van der Waals surface area contributed by atoms with Crippen LogP contribution in [0.25, 0.3) is 0 Å². The molecule has 6 heteroatoms. The molecule has 0 spiro atoms. The monoisotopic (exact) mass is 422 g/mol. The van der Waals surface area contributed by atoms with E-state index >= 15 is 0 Å². The second-order valence-electron chi connectivity index (χ2n) is 11.5. The summed E-state index contributed by atoms with van der Waals surface area (Å²) in [5.74, 6) is 0.0614. The molecule has 0 aromatic rings. The Bertz CT molecular complexity index is 571.